The number of anilines is 1. The van der Waals surface area contributed by atoms with E-state index in [0.717, 1.165) is 22.7 Å². The summed E-state index contributed by atoms with van der Waals surface area (Å²) in [4.78, 5) is 28.3. The molecule has 25 heavy (non-hydrogen) atoms. The molecule has 3 aromatic rings. The molecule has 2 aromatic carbocycles. The molecule has 0 atom stereocenters. The standard InChI is InChI=1S/C19H19N3O2S/c1-3-22-17-10-5-4-9-16(17)21-19(22)25-12-18(24)20-15-8-6-7-14(11-15)13(2)23/h4-11H,3,12H2,1-2H3,(H,20,24). The van der Waals surface area contributed by atoms with E-state index in [4.69, 9.17) is 0 Å². The van der Waals surface area contributed by atoms with E-state index in [1.54, 1.807) is 24.3 Å². The molecule has 0 spiro atoms. The third-order valence-corrected chi connectivity index (χ3v) is 4.80. The molecular formula is C19H19N3O2S. The summed E-state index contributed by atoms with van der Waals surface area (Å²) in [7, 11) is 0. The largest absolute Gasteiger partial charge is 0.325 e. The van der Waals surface area contributed by atoms with Gasteiger partial charge in [-0.2, -0.15) is 0 Å². The van der Waals surface area contributed by atoms with Crippen LogP contribution in [0.1, 0.15) is 24.2 Å². The summed E-state index contributed by atoms with van der Waals surface area (Å²) in [5, 5.41) is 3.66. The van der Waals surface area contributed by atoms with Gasteiger partial charge in [-0.3, -0.25) is 9.59 Å². The second-order valence-electron chi connectivity index (χ2n) is 5.60. The SMILES string of the molecule is CCn1c(SCC(=O)Nc2cccc(C(C)=O)c2)nc2ccccc21. The lowest BCUT2D eigenvalue weighted by Crippen LogP contribution is -2.15. The zero-order valence-electron chi connectivity index (χ0n) is 14.2. The fourth-order valence-corrected chi connectivity index (χ4v) is 3.49. The Labute approximate surface area is 150 Å². The predicted molar refractivity (Wildman–Crippen MR) is 101 cm³/mol. The number of aryl methyl sites for hydroxylation is 1. The lowest BCUT2D eigenvalue weighted by molar-refractivity contribution is -0.113. The molecule has 5 nitrogen and oxygen atoms in total. The van der Waals surface area contributed by atoms with Crippen LogP contribution < -0.4 is 5.32 Å². The first kappa shape index (κ1) is 17.2. The first-order valence-corrected chi connectivity index (χ1v) is 9.06. The molecule has 1 N–H and O–H groups in total. The van der Waals surface area contributed by atoms with E-state index in [0.29, 0.717) is 11.3 Å². The van der Waals surface area contributed by atoms with Crippen molar-refractivity contribution in [1.82, 2.24) is 9.55 Å². The van der Waals surface area contributed by atoms with E-state index in [2.05, 4.69) is 21.8 Å². The van der Waals surface area contributed by atoms with Crippen molar-refractivity contribution in [3.05, 3.63) is 54.1 Å². The second kappa shape index (κ2) is 7.53. The number of Topliss-reactive ketones (excluding diaryl/α,β-unsaturated/α-hetero) is 1. The third-order valence-electron chi connectivity index (χ3n) is 3.82. The molecule has 3 rings (SSSR count). The predicted octanol–water partition coefficient (Wildman–Crippen LogP) is 3.99. The Kier molecular flexibility index (Phi) is 5.19. The third kappa shape index (κ3) is 3.91. The van der Waals surface area contributed by atoms with Gasteiger partial charge in [-0.1, -0.05) is 36.0 Å². The van der Waals surface area contributed by atoms with Gasteiger partial charge in [0.25, 0.3) is 0 Å². The number of thioether (sulfide) groups is 1. The van der Waals surface area contributed by atoms with Gasteiger partial charge in [0.15, 0.2) is 10.9 Å². The van der Waals surface area contributed by atoms with E-state index >= 15 is 0 Å². The highest BCUT2D eigenvalue weighted by Crippen LogP contribution is 2.24. The minimum absolute atomic E-state index is 0.0258. The van der Waals surface area contributed by atoms with Gasteiger partial charge in [-0.05, 0) is 38.1 Å². The van der Waals surface area contributed by atoms with Crippen molar-refractivity contribution in [2.45, 2.75) is 25.5 Å². The van der Waals surface area contributed by atoms with Crippen molar-refractivity contribution in [3.8, 4) is 0 Å². The first-order chi connectivity index (χ1) is 12.1. The Morgan fingerprint density at radius 3 is 2.72 bits per heavy atom. The van der Waals surface area contributed by atoms with Crippen LogP contribution in [0.25, 0.3) is 11.0 Å². The number of carbonyl (C=O) groups is 2. The number of para-hydroxylation sites is 2. The van der Waals surface area contributed by atoms with E-state index in [9.17, 15) is 9.59 Å². The van der Waals surface area contributed by atoms with Crippen LogP contribution in [0.4, 0.5) is 5.69 Å². The number of aromatic nitrogens is 2. The molecule has 0 aliphatic rings. The quantitative estimate of drug-likeness (QED) is 0.538. The minimum atomic E-state index is -0.125. The van der Waals surface area contributed by atoms with Gasteiger partial charge in [0.1, 0.15) is 0 Å². The lowest BCUT2D eigenvalue weighted by atomic mass is 10.1. The molecule has 0 fully saturated rings. The van der Waals surface area contributed by atoms with E-state index in [1.165, 1.54) is 18.7 Å². The van der Waals surface area contributed by atoms with Crippen LogP contribution in [0.5, 0.6) is 0 Å². The van der Waals surface area contributed by atoms with Gasteiger partial charge < -0.3 is 9.88 Å². The maximum atomic E-state index is 12.2. The molecule has 0 saturated heterocycles. The van der Waals surface area contributed by atoms with E-state index in [1.807, 2.05) is 24.3 Å². The summed E-state index contributed by atoms with van der Waals surface area (Å²) >= 11 is 1.41. The van der Waals surface area contributed by atoms with Crippen molar-refractivity contribution < 1.29 is 9.59 Å². The summed E-state index contributed by atoms with van der Waals surface area (Å²) in [5.74, 6) is 0.107. The smallest absolute Gasteiger partial charge is 0.234 e. The topological polar surface area (TPSA) is 64.0 Å². The van der Waals surface area contributed by atoms with Crippen LogP contribution in [0.3, 0.4) is 0 Å². The molecule has 0 aliphatic carbocycles. The average Bonchev–Trinajstić information content (AvgIpc) is 2.97. The van der Waals surface area contributed by atoms with Crippen LogP contribution >= 0.6 is 11.8 Å². The Balaban J connectivity index is 1.68. The number of nitrogens with one attached hydrogen (secondary N) is 1. The van der Waals surface area contributed by atoms with Gasteiger partial charge in [-0.15, -0.1) is 0 Å². The summed E-state index contributed by atoms with van der Waals surface area (Å²) in [5.41, 5.74) is 3.21. The number of amides is 1. The Bertz CT molecular complexity index is 933. The van der Waals surface area contributed by atoms with Gasteiger partial charge in [-0.25, -0.2) is 4.98 Å². The highest BCUT2D eigenvalue weighted by atomic mass is 32.2. The molecule has 6 heteroatoms. The van der Waals surface area contributed by atoms with Crippen molar-refractivity contribution >= 4 is 40.2 Å². The van der Waals surface area contributed by atoms with Gasteiger partial charge in [0.2, 0.25) is 5.91 Å². The zero-order chi connectivity index (χ0) is 17.8. The number of benzene rings is 2. The molecule has 1 aromatic heterocycles. The number of ketones is 1. The van der Waals surface area contributed by atoms with Gasteiger partial charge in [0, 0.05) is 17.8 Å². The number of hydrogen-bond donors (Lipinski definition) is 1. The maximum absolute atomic E-state index is 12.2. The normalized spacial score (nSPS) is 10.8. The van der Waals surface area contributed by atoms with E-state index < -0.39 is 0 Å². The molecule has 128 valence electrons. The lowest BCUT2D eigenvalue weighted by Gasteiger charge is -2.07. The summed E-state index contributed by atoms with van der Waals surface area (Å²) in [6.07, 6.45) is 0. The number of hydrogen-bond acceptors (Lipinski definition) is 4. The molecule has 0 bridgehead atoms. The number of carbonyl (C=O) groups excluding carboxylic acids is 2. The molecule has 0 radical (unpaired) electrons. The van der Waals surface area contributed by atoms with Crippen molar-refractivity contribution in [2.75, 3.05) is 11.1 Å². The monoisotopic (exact) mass is 353 g/mol. The van der Waals surface area contributed by atoms with Crippen LogP contribution in [0.2, 0.25) is 0 Å². The molecule has 1 amide bonds. The second-order valence-corrected chi connectivity index (χ2v) is 6.54. The molecule has 0 aliphatic heterocycles. The fraction of sp³-hybridized carbons (Fsp3) is 0.211. The summed E-state index contributed by atoms with van der Waals surface area (Å²) in [6, 6.07) is 14.9. The van der Waals surface area contributed by atoms with Crippen LogP contribution in [0, 0.1) is 0 Å². The van der Waals surface area contributed by atoms with Crippen LogP contribution in [-0.4, -0.2) is 27.0 Å². The average molecular weight is 353 g/mol. The summed E-state index contributed by atoms with van der Waals surface area (Å²) in [6.45, 7) is 4.36. The van der Waals surface area contributed by atoms with E-state index in [-0.39, 0.29) is 17.4 Å². The Hall–Kier alpha value is -2.60. The molecule has 0 unspecified atom stereocenters. The number of imidazole rings is 1. The van der Waals surface area contributed by atoms with Crippen molar-refractivity contribution in [2.24, 2.45) is 0 Å². The first-order valence-electron chi connectivity index (χ1n) is 8.07. The minimum Gasteiger partial charge on any atom is -0.325 e. The maximum Gasteiger partial charge on any atom is 0.234 e. The van der Waals surface area contributed by atoms with Crippen molar-refractivity contribution in [3.63, 3.8) is 0 Å². The van der Waals surface area contributed by atoms with Gasteiger partial charge >= 0.3 is 0 Å². The van der Waals surface area contributed by atoms with Crippen LogP contribution in [0.15, 0.2) is 53.7 Å². The molecular weight excluding hydrogens is 334 g/mol. The summed E-state index contributed by atoms with van der Waals surface area (Å²) < 4.78 is 2.10. The van der Waals surface area contributed by atoms with Crippen molar-refractivity contribution in [1.29, 1.82) is 0 Å². The number of nitrogens with zero attached hydrogens (tertiary/aromatic N) is 2. The Morgan fingerprint density at radius 2 is 1.96 bits per heavy atom. The van der Waals surface area contributed by atoms with Gasteiger partial charge in [0.05, 0.1) is 16.8 Å². The Morgan fingerprint density at radius 1 is 1.16 bits per heavy atom. The fourth-order valence-electron chi connectivity index (χ4n) is 2.61. The molecule has 1 heterocycles. The highest BCUT2D eigenvalue weighted by Gasteiger charge is 2.12. The van der Waals surface area contributed by atoms with Crippen LogP contribution in [-0.2, 0) is 11.3 Å². The number of fused-ring (bicyclic) bond motifs is 1. The molecule has 0 saturated carbocycles. The highest BCUT2D eigenvalue weighted by molar-refractivity contribution is 7.99. The zero-order valence-corrected chi connectivity index (χ0v) is 15.0. The number of rotatable bonds is 6.